The number of hydrogen-bond donors (Lipinski definition) is 4. The maximum absolute atomic E-state index is 13.3. The molecule has 0 radical (unpaired) electrons. The molecule has 0 aromatic heterocycles. The molecule has 1 aliphatic heterocycles. The van der Waals surface area contributed by atoms with Gasteiger partial charge in [0.2, 0.25) is 11.8 Å². The smallest absolute Gasteiger partial charge is 0.445 e. The second-order valence-corrected chi connectivity index (χ2v) is 7.71. The molecule has 30 heavy (non-hydrogen) atoms. The van der Waals surface area contributed by atoms with E-state index in [1.807, 2.05) is 44.2 Å². The number of likely N-dealkylation sites (tertiary alicyclic amines) is 1. The summed E-state index contributed by atoms with van der Waals surface area (Å²) >= 11 is 0. The summed E-state index contributed by atoms with van der Waals surface area (Å²) in [5.41, 5.74) is -0.336. The molecule has 2 atom stereocenters. The molecule has 1 heterocycles. The summed E-state index contributed by atoms with van der Waals surface area (Å²) < 4.78 is 5.29. The Morgan fingerprint density at radius 2 is 1.93 bits per heavy atom. The van der Waals surface area contributed by atoms with Crippen molar-refractivity contribution in [2.45, 2.75) is 51.8 Å². The monoisotopic (exact) mass is 419 g/mol. The van der Waals surface area contributed by atoms with Crippen molar-refractivity contribution in [3.05, 3.63) is 35.9 Å². The number of nitrogens with one attached hydrogen (secondary N) is 2. The van der Waals surface area contributed by atoms with E-state index in [2.05, 4.69) is 10.6 Å². The highest BCUT2D eigenvalue weighted by Crippen LogP contribution is 2.32. The van der Waals surface area contributed by atoms with Crippen LogP contribution in [0.1, 0.15) is 39.2 Å². The fourth-order valence-electron chi connectivity index (χ4n) is 3.65. The van der Waals surface area contributed by atoms with Crippen LogP contribution in [-0.4, -0.2) is 64.5 Å². The molecule has 164 valence electrons. The van der Waals surface area contributed by atoms with E-state index in [0.29, 0.717) is 19.4 Å². The third-order valence-electron chi connectivity index (χ3n) is 5.44. The summed E-state index contributed by atoms with van der Waals surface area (Å²) in [7, 11) is -1.67. The van der Waals surface area contributed by atoms with Crippen molar-refractivity contribution < 1.29 is 29.2 Å². The average Bonchev–Trinajstić information content (AvgIpc) is 3.03. The number of rotatable bonds is 9. The largest absolute Gasteiger partial charge is 0.472 e. The van der Waals surface area contributed by atoms with Crippen LogP contribution in [0.15, 0.2) is 30.3 Å². The summed E-state index contributed by atoms with van der Waals surface area (Å²) in [4.78, 5) is 39.6. The van der Waals surface area contributed by atoms with Crippen LogP contribution >= 0.6 is 0 Å². The number of hydrogen-bond acceptors (Lipinski definition) is 6. The van der Waals surface area contributed by atoms with Crippen molar-refractivity contribution in [1.29, 1.82) is 0 Å². The van der Waals surface area contributed by atoms with E-state index in [-0.39, 0.29) is 24.9 Å². The van der Waals surface area contributed by atoms with Crippen LogP contribution in [0.3, 0.4) is 0 Å². The second-order valence-electron chi connectivity index (χ2n) is 7.71. The van der Waals surface area contributed by atoms with Crippen molar-refractivity contribution >= 4 is 25.0 Å². The molecular formula is C20H30BN3O6. The van der Waals surface area contributed by atoms with Gasteiger partial charge >= 0.3 is 13.2 Å². The molecule has 1 aliphatic rings. The van der Waals surface area contributed by atoms with Gasteiger partial charge in [-0.05, 0) is 24.3 Å². The summed E-state index contributed by atoms with van der Waals surface area (Å²) in [6.45, 7) is 5.82. The van der Waals surface area contributed by atoms with Gasteiger partial charge in [-0.2, -0.15) is 0 Å². The van der Waals surface area contributed by atoms with Crippen molar-refractivity contribution in [3.63, 3.8) is 0 Å². The first-order valence-corrected chi connectivity index (χ1v) is 10.1. The lowest BCUT2D eigenvalue weighted by Crippen LogP contribution is -2.59. The van der Waals surface area contributed by atoms with Crippen LogP contribution in [0.4, 0.5) is 4.79 Å². The third-order valence-corrected chi connectivity index (χ3v) is 5.44. The lowest BCUT2D eigenvalue weighted by molar-refractivity contribution is -0.141. The van der Waals surface area contributed by atoms with Gasteiger partial charge in [-0.1, -0.05) is 51.1 Å². The molecule has 3 amide bonds. The summed E-state index contributed by atoms with van der Waals surface area (Å²) in [5.74, 6) is -1.04. The standard InChI is InChI=1S/C20H30BN3O6/c1-4-16(17(25)22-13-21(28)29)24-11-10-20(14(2)3,18(24)26)23-19(27)30-12-15-8-6-5-7-9-15/h5-9,14,16,28-29H,4,10-13H2,1-3H3,(H,22,25)(H,23,27). The zero-order chi connectivity index (χ0) is 22.3. The topological polar surface area (TPSA) is 128 Å². The lowest BCUT2D eigenvalue weighted by atomic mass is 9.85. The van der Waals surface area contributed by atoms with Crippen LogP contribution in [0.2, 0.25) is 0 Å². The molecule has 0 spiro atoms. The van der Waals surface area contributed by atoms with Crippen LogP contribution in [0.5, 0.6) is 0 Å². The van der Waals surface area contributed by atoms with E-state index < -0.39 is 30.7 Å². The lowest BCUT2D eigenvalue weighted by Gasteiger charge is -2.34. The third kappa shape index (κ3) is 5.51. The average molecular weight is 419 g/mol. The first-order valence-electron chi connectivity index (χ1n) is 10.1. The summed E-state index contributed by atoms with van der Waals surface area (Å²) in [6, 6.07) is 8.46. The molecule has 2 rings (SSSR count). The van der Waals surface area contributed by atoms with Gasteiger partial charge in [0, 0.05) is 6.54 Å². The second kappa shape index (κ2) is 10.4. The predicted octanol–water partition coefficient (Wildman–Crippen LogP) is 0.447. The molecule has 2 unspecified atom stereocenters. The maximum atomic E-state index is 13.3. The van der Waals surface area contributed by atoms with E-state index in [1.165, 1.54) is 4.90 Å². The Labute approximate surface area is 176 Å². The molecule has 0 aliphatic carbocycles. The number of carbonyl (C=O) groups is 3. The maximum Gasteiger partial charge on any atom is 0.472 e. The van der Waals surface area contributed by atoms with E-state index >= 15 is 0 Å². The van der Waals surface area contributed by atoms with Gasteiger partial charge < -0.3 is 30.3 Å². The number of alkyl carbamates (subject to hydrolysis) is 1. The van der Waals surface area contributed by atoms with Gasteiger partial charge in [-0.3, -0.25) is 9.59 Å². The number of benzene rings is 1. The minimum absolute atomic E-state index is 0.0855. The molecular weight excluding hydrogens is 389 g/mol. The molecule has 1 aromatic rings. The first-order chi connectivity index (χ1) is 14.2. The number of ether oxygens (including phenoxy) is 1. The highest BCUT2D eigenvalue weighted by atomic mass is 16.5. The minimum atomic E-state index is -1.67. The van der Waals surface area contributed by atoms with E-state index in [9.17, 15) is 14.4 Å². The first kappa shape index (κ1) is 23.7. The van der Waals surface area contributed by atoms with Gasteiger partial charge in [-0.15, -0.1) is 0 Å². The molecule has 0 saturated carbocycles. The van der Waals surface area contributed by atoms with Crippen molar-refractivity contribution in [1.82, 2.24) is 15.5 Å². The molecule has 1 saturated heterocycles. The van der Waals surface area contributed by atoms with Crippen LogP contribution < -0.4 is 10.6 Å². The number of carbonyl (C=O) groups excluding carboxylic acids is 3. The predicted molar refractivity (Wildman–Crippen MR) is 111 cm³/mol. The van der Waals surface area contributed by atoms with E-state index in [4.69, 9.17) is 14.8 Å². The molecule has 4 N–H and O–H groups in total. The Morgan fingerprint density at radius 1 is 1.27 bits per heavy atom. The van der Waals surface area contributed by atoms with Crippen LogP contribution in [-0.2, 0) is 20.9 Å². The SMILES string of the molecule is CCC(C(=O)NCB(O)O)N1CCC(NC(=O)OCc2ccccc2)(C(C)C)C1=O. The molecule has 9 nitrogen and oxygen atoms in total. The van der Waals surface area contributed by atoms with Crippen molar-refractivity contribution in [3.8, 4) is 0 Å². The zero-order valence-electron chi connectivity index (χ0n) is 17.6. The van der Waals surface area contributed by atoms with E-state index in [0.717, 1.165) is 5.56 Å². The zero-order valence-corrected chi connectivity index (χ0v) is 17.6. The fraction of sp³-hybridized carbons (Fsp3) is 0.550. The number of amides is 3. The van der Waals surface area contributed by atoms with Crippen molar-refractivity contribution in [2.24, 2.45) is 5.92 Å². The quantitative estimate of drug-likeness (QED) is 0.431. The Bertz CT molecular complexity index is 745. The minimum Gasteiger partial charge on any atom is -0.445 e. The van der Waals surface area contributed by atoms with Crippen molar-refractivity contribution in [2.75, 3.05) is 13.0 Å². The van der Waals surface area contributed by atoms with Gasteiger partial charge in [-0.25, -0.2) is 4.79 Å². The van der Waals surface area contributed by atoms with Crippen LogP contribution in [0, 0.1) is 5.92 Å². The summed E-state index contributed by atoms with van der Waals surface area (Å²) in [5, 5.41) is 23.1. The van der Waals surface area contributed by atoms with Gasteiger partial charge in [0.15, 0.2) is 0 Å². The van der Waals surface area contributed by atoms with Gasteiger partial charge in [0.1, 0.15) is 18.2 Å². The van der Waals surface area contributed by atoms with Crippen LogP contribution in [0.25, 0.3) is 0 Å². The fourth-order valence-corrected chi connectivity index (χ4v) is 3.65. The van der Waals surface area contributed by atoms with Gasteiger partial charge in [0.25, 0.3) is 0 Å². The molecule has 0 bridgehead atoms. The molecule has 1 fully saturated rings. The van der Waals surface area contributed by atoms with Gasteiger partial charge in [0.05, 0.1) is 6.44 Å². The highest BCUT2D eigenvalue weighted by Gasteiger charge is 2.52. The Balaban J connectivity index is 2.07. The Kier molecular flexibility index (Phi) is 8.25. The Hall–Kier alpha value is -2.59. The summed E-state index contributed by atoms with van der Waals surface area (Å²) in [6.07, 6.45) is -0.317. The normalized spacial score (nSPS) is 19.5. The Morgan fingerprint density at radius 3 is 2.50 bits per heavy atom. The molecule has 1 aromatic carbocycles. The number of nitrogens with zero attached hydrogens (tertiary/aromatic N) is 1. The highest BCUT2D eigenvalue weighted by molar-refractivity contribution is 6.41. The van der Waals surface area contributed by atoms with E-state index in [1.54, 1.807) is 6.92 Å². The molecule has 10 heteroatoms.